The van der Waals surface area contributed by atoms with Gasteiger partial charge in [0.2, 0.25) is 5.91 Å². The Kier molecular flexibility index (Phi) is 11.3. The van der Waals surface area contributed by atoms with Crippen LogP contribution < -0.4 is 15.5 Å². The van der Waals surface area contributed by atoms with Crippen molar-refractivity contribution < 1.29 is 4.79 Å². The number of guanidine groups is 1. The maximum absolute atomic E-state index is 12.4. The van der Waals surface area contributed by atoms with Crippen molar-refractivity contribution >= 4 is 41.5 Å². The molecule has 0 bridgehead atoms. The minimum Gasteiger partial charge on any atom is -0.373 e. The Morgan fingerprint density at radius 2 is 1.78 bits per heavy atom. The van der Waals surface area contributed by atoms with Gasteiger partial charge in [0.15, 0.2) is 5.96 Å². The molecule has 6 nitrogen and oxygen atoms in total. The van der Waals surface area contributed by atoms with Gasteiger partial charge in [0, 0.05) is 64.3 Å². The second-order valence-corrected chi connectivity index (χ2v) is 8.05. The average Bonchev–Trinajstić information content (AvgIpc) is 3.16. The Morgan fingerprint density at radius 1 is 1.09 bits per heavy atom. The molecule has 1 unspecified atom stereocenters. The fourth-order valence-electron chi connectivity index (χ4n) is 3.82. The zero-order valence-electron chi connectivity index (χ0n) is 19.2. The molecule has 1 saturated heterocycles. The van der Waals surface area contributed by atoms with Gasteiger partial charge in [-0.05, 0) is 31.0 Å². The van der Waals surface area contributed by atoms with Crippen LogP contribution in [0.5, 0.6) is 0 Å². The van der Waals surface area contributed by atoms with E-state index < -0.39 is 0 Å². The van der Waals surface area contributed by atoms with Crippen molar-refractivity contribution in [1.29, 1.82) is 0 Å². The van der Waals surface area contributed by atoms with E-state index in [2.05, 4.69) is 65.9 Å². The van der Waals surface area contributed by atoms with E-state index in [9.17, 15) is 4.79 Å². The van der Waals surface area contributed by atoms with E-state index >= 15 is 0 Å². The second kappa shape index (κ2) is 14.0. The van der Waals surface area contributed by atoms with E-state index in [-0.39, 0.29) is 35.8 Å². The summed E-state index contributed by atoms with van der Waals surface area (Å²) < 4.78 is 0. The minimum atomic E-state index is 0. The van der Waals surface area contributed by atoms with Crippen molar-refractivity contribution in [3.63, 3.8) is 0 Å². The zero-order chi connectivity index (χ0) is 21.9. The summed E-state index contributed by atoms with van der Waals surface area (Å²) >= 11 is 0. The maximum Gasteiger partial charge on any atom is 0.223 e. The number of hydrogen-bond donors (Lipinski definition) is 2. The molecule has 174 valence electrons. The molecule has 2 aromatic rings. The summed E-state index contributed by atoms with van der Waals surface area (Å²) in [6.45, 7) is 6.80. The van der Waals surface area contributed by atoms with Gasteiger partial charge >= 0.3 is 0 Å². The van der Waals surface area contributed by atoms with Gasteiger partial charge in [-0.1, -0.05) is 48.5 Å². The van der Waals surface area contributed by atoms with Crippen LogP contribution in [-0.4, -0.2) is 63.1 Å². The van der Waals surface area contributed by atoms with E-state index in [0.29, 0.717) is 13.0 Å². The number of hydrogen-bond acceptors (Lipinski definition) is 3. The summed E-state index contributed by atoms with van der Waals surface area (Å²) in [5.74, 6) is 1.35. The van der Waals surface area contributed by atoms with Gasteiger partial charge in [-0.15, -0.1) is 24.0 Å². The smallest absolute Gasteiger partial charge is 0.223 e. The van der Waals surface area contributed by atoms with Crippen molar-refractivity contribution in [2.45, 2.75) is 19.8 Å². The molecule has 3 rings (SSSR count). The Balaban J connectivity index is 0.00000363. The fraction of sp³-hybridized carbons (Fsp3) is 0.440. The summed E-state index contributed by atoms with van der Waals surface area (Å²) in [5.41, 5.74) is 2.47. The highest BCUT2D eigenvalue weighted by molar-refractivity contribution is 14.0. The quantitative estimate of drug-likeness (QED) is 0.271. The second-order valence-electron chi connectivity index (χ2n) is 8.05. The molecular formula is C25H36IN5O. The van der Waals surface area contributed by atoms with E-state index in [1.54, 1.807) is 0 Å². The topological polar surface area (TPSA) is 60.0 Å². The van der Waals surface area contributed by atoms with E-state index in [1.807, 2.05) is 29.2 Å². The molecule has 2 N–H and O–H groups in total. The van der Waals surface area contributed by atoms with E-state index in [1.165, 1.54) is 11.3 Å². The van der Waals surface area contributed by atoms with Crippen molar-refractivity contribution in [2.75, 3.05) is 51.2 Å². The number of carbonyl (C=O) groups is 1. The first-order chi connectivity index (χ1) is 15.2. The molecule has 1 aliphatic rings. The van der Waals surface area contributed by atoms with Crippen LogP contribution in [0.15, 0.2) is 65.7 Å². The maximum atomic E-state index is 12.4. The number of halogens is 1. The largest absolute Gasteiger partial charge is 0.373 e. The molecule has 0 saturated carbocycles. The SMILES string of the molecule is CCNC(=NCC1CC(=O)N(CCc2ccccc2)C1)NCCN(C)c1ccccc1.I. The van der Waals surface area contributed by atoms with Gasteiger partial charge in [0.05, 0.1) is 0 Å². The molecule has 1 amide bonds. The van der Waals surface area contributed by atoms with Gasteiger partial charge in [-0.2, -0.15) is 0 Å². The lowest BCUT2D eigenvalue weighted by Gasteiger charge is -2.20. The highest BCUT2D eigenvalue weighted by Gasteiger charge is 2.29. The van der Waals surface area contributed by atoms with Crippen LogP contribution in [0.3, 0.4) is 0 Å². The number of anilines is 1. The molecule has 0 radical (unpaired) electrons. The first-order valence-corrected chi connectivity index (χ1v) is 11.3. The summed E-state index contributed by atoms with van der Waals surface area (Å²) in [7, 11) is 2.09. The third-order valence-electron chi connectivity index (χ3n) is 5.60. The van der Waals surface area contributed by atoms with Gasteiger partial charge in [0.25, 0.3) is 0 Å². The number of aliphatic imine (C=N–C) groups is 1. The Bertz CT molecular complexity index is 831. The predicted octanol–water partition coefficient (Wildman–Crippen LogP) is 3.39. The lowest BCUT2D eigenvalue weighted by molar-refractivity contribution is -0.127. The van der Waals surface area contributed by atoms with Crippen LogP contribution in [0.1, 0.15) is 18.9 Å². The third kappa shape index (κ3) is 8.33. The number of para-hydroxylation sites is 1. The highest BCUT2D eigenvalue weighted by atomic mass is 127. The molecular weight excluding hydrogens is 513 g/mol. The fourth-order valence-corrected chi connectivity index (χ4v) is 3.82. The van der Waals surface area contributed by atoms with Crippen LogP contribution in [0.2, 0.25) is 0 Å². The highest BCUT2D eigenvalue weighted by Crippen LogP contribution is 2.18. The lowest BCUT2D eigenvalue weighted by Crippen LogP contribution is -2.41. The summed E-state index contributed by atoms with van der Waals surface area (Å²) in [5, 5.41) is 6.72. The molecule has 1 heterocycles. The van der Waals surface area contributed by atoms with Crippen LogP contribution in [0, 0.1) is 5.92 Å². The van der Waals surface area contributed by atoms with Gasteiger partial charge in [-0.25, -0.2) is 0 Å². The van der Waals surface area contributed by atoms with Gasteiger partial charge < -0.3 is 20.4 Å². The standard InChI is InChI=1S/C25H35N5O.HI/c1-3-26-25(27-15-17-29(2)23-12-8-5-9-13-23)28-19-22-18-24(31)30(20-22)16-14-21-10-6-4-7-11-21;/h4-13,22H,3,14-20H2,1-2H3,(H2,26,27,28);1H. The molecule has 2 aromatic carbocycles. The average molecular weight is 550 g/mol. The monoisotopic (exact) mass is 549 g/mol. The van der Waals surface area contributed by atoms with E-state index in [4.69, 9.17) is 4.99 Å². The first-order valence-electron chi connectivity index (χ1n) is 11.3. The molecule has 1 fully saturated rings. The molecule has 0 aliphatic carbocycles. The normalized spacial score (nSPS) is 15.9. The van der Waals surface area contributed by atoms with Crippen molar-refractivity contribution in [3.05, 3.63) is 66.2 Å². The molecule has 0 aromatic heterocycles. The van der Waals surface area contributed by atoms with Crippen molar-refractivity contribution in [2.24, 2.45) is 10.9 Å². The third-order valence-corrected chi connectivity index (χ3v) is 5.60. The van der Waals surface area contributed by atoms with Gasteiger partial charge in [0.1, 0.15) is 0 Å². The minimum absolute atomic E-state index is 0. The molecule has 7 heteroatoms. The number of benzene rings is 2. The summed E-state index contributed by atoms with van der Waals surface area (Å²) in [6.07, 6.45) is 1.50. The number of nitrogens with zero attached hydrogens (tertiary/aromatic N) is 3. The molecule has 1 atom stereocenters. The molecule has 0 spiro atoms. The molecule has 1 aliphatic heterocycles. The van der Waals surface area contributed by atoms with Crippen LogP contribution in [0.25, 0.3) is 0 Å². The van der Waals surface area contributed by atoms with Crippen molar-refractivity contribution in [3.8, 4) is 0 Å². The Labute approximate surface area is 209 Å². The number of likely N-dealkylation sites (tertiary alicyclic amines) is 1. The Hall–Kier alpha value is -2.29. The summed E-state index contributed by atoms with van der Waals surface area (Å²) in [4.78, 5) is 21.4. The number of nitrogens with one attached hydrogen (secondary N) is 2. The van der Waals surface area contributed by atoms with Gasteiger partial charge in [-0.3, -0.25) is 9.79 Å². The number of amides is 1. The van der Waals surface area contributed by atoms with Crippen LogP contribution >= 0.6 is 24.0 Å². The van der Waals surface area contributed by atoms with Crippen LogP contribution in [0.4, 0.5) is 5.69 Å². The molecule has 32 heavy (non-hydrogen) atoms. The van der Waals surface area contributed by atoms with Crippen LogP contribution in [-0.2, 0) is 11.2 Å². The zero-order valence-corrected chi connectivity index (χ0v) is 21.5. The predicted molar refractivity (Wildman–Crippen MR) is 144 cm³/mol. The number of likely N-dealkylation sites (N-methyl/N-ethyl adjacent to an activating group) is 1. The lowest BCUT2D eigenvalue weighted by atomic mass is 10.1. The van der Waals surface area contributed by atoms with Crippen molar-refractivity contribution in [1.82, 2.24) is 15.5 Å². The number of carbonyl (C=O) groups excluding carboxylic acids is 1. The first kappa shape index (κ1) is 26.0. The summed E-state index contributed by atoms with van der Waals surface area (Å²) in [6, 6.07) is 20.7. The number of rotatable bonds is 10. The van der Waals surface area contributed by atoms with E-state index in [0.717, 1.165) is 45.1 Å². The Morgan fingerprint density at radius 3 is 2.47 bits per heavy atom.